The van der Waals surface area contributed by atoms with Gasteiger partial charge in [-0.1, -0.05) is 30.0 Å². The van der Waals surface area contributed by atoms with E-state index in [2.05, 4.69) is 38.7 Å². The summed E-state index contributed by atoms with van der Waals surface area (Å²) in [5.41, 5.74) is 4.12. The van der Waals surface area contributed by atoms with E-state index in [0.29, 0.717) is 19.0 Å². The molecule has 0 N–H and O–H groups in total. The molecule has 32 heavy (non-hydrogen) atoms. The quantitative estimate of drug-likeness (QED) is 0.373. The molecular weight excluding hydrogens is 445 g/mol. The maximum Gasteiger partial charge on any atom is 0.232 e. The molecule has 6 nitrogen and oxygen atoms in total. The second-order valence-corrected chi connectivity index (χ2v) is 9.24. The van der Waals surface area contributed by atoms with Crippen LogP contribution in [0.25, 0.3) is 16.3 Å². The Balaban J connectivity index is 1.41. The van der Waals surface area contributed by atoms with Gasteiger partial charge in [-0.05, 0) is 42.8 Å². The molecule has 164 valence electrons. The molecule has 1 aliphatic heterocycles. The number of hydrogen-bond donors (Lipinski definition) is 0. The number of para-hydroxylation sites is 1. The summed E-state index contributed by atoms with van der Waals surface area (Å²) in [5.74, 6) is 1.27. The van der Waals surface area contributed by atoms with Crippen molar-refractivity contribution in [1.82, 2.24) is 19.7 Å². The Morgan fingerprint density at radius 3 is 2.62 bits per heavy atom. The molecule has 2 aromatic heterocycles. The van der Waals surface area contributed by atoms with Crippen LogP contribution >= 0.6 is 23.1 Å². The molecule has 2 aromatic carbocycles. The molecular formula is C23H22FN5OS2. The second-order valence-electron chi connectivity index (χ2n) is 7.44. The van der Waals surface area contributed by atoms with Gasteiger partial charge in [-0.25, -0.2) is 9.37 Å². The molecule has 0 bridgehead atoms. The number of halogens is 1. The number of rotatable bonds is 6. The van der Waals surface area contributed by atoms with E-state index in [4.69, 9.17) is 9.72 Å². The summed E-state index contributed by atoms with van der Waals surface area (Å²) in [4.78, 5) is 6.96. The van der Waals surface area contributed by atoms with Gasteiger partial charge in [-0.3, -0.25) is 4.57 Å². The lowest BCUT2D eigenvalue weighted by molar-refractivity contribution is 0.122. The van der Waals surface area contributed by atoms with Crippen LogP contribution in [0.15, 0.2) is 59.1 Å². The third-order valence-corrected chi connectivity index (χ3v) is 7.16. The fraction of sp³-hybridized carbons (Fsp3) is 0.261. The van der Waals surface area contributed by atoms with E-state index in [1.54, 1.807) is 35.2 Å². The van der Waals surface area contributed by atoms with Crippen LogP contribution in [-0.4, -0.2) is 46.1 Å². The first kappa shape index (κ1) is 21.1. The SMILES string of the molecule is Cc1ccccc1-n1c(SCc2csc(-c3ccc(F)cc3)n2)nnc1N1CCOCC1. The monoisotopic (exact) mass is 467 g/mol. The topological polar surface area (TPSA) is 56.1 Å². The van der Waals surface area contributed by atoms with Crippen LogP contribution in [0.4, 0.5) is 10.3 Å². The molecule has 0 aliphatic carbocycles. The molecule has 0 amide bonds. The van der Waals surface area contributed by atoms with Gasteiger partial charge in [0.15, 0.2) is 5.16 Å². The van der Waals surface area contributed by atoms with Gasteiger partial charge in [0.1, 0.15) is 10.8 Å². The lowest BCUT2D eigenvalue weighted by Gasteiger charge is -2.28. The molecule has 1 aliphatic rings. The van der Waals surface area contributed by atoms with Crippen molar-refractivity contribution >= 4 is 29.0 Å². The van der Waals surface area contributed by atoms with Gasteiger partial charge in [-0.15, -0.1) is 21.5 Å². The Morgan fingerprint density at radius 1 is 1.06 bits per heavy atom. The molecule has 3 heterocycles. The predicted molar refractivity (Wildman–Crippen MR) is 126 cm³/mol. The van der Waals surface area contributed by atoms with Gasteiger partial charge in [0.2, 0.25) is 5.95 Å². The largest absolute Gasteiger partial charge is 0.378 e. The van der Waals surface area contributed by atoms with Crippen molar-refractivity contribution in [3.05, 3.63) is 71.0 Å². The summed E-state index contributed by atoms with van der Waals surface area (Å²) >= 11 is 3.18. The first-order valence-corrected chi connectivity index (χ1v) is 12.2. The third kappa shape index (κ3) is 4.41. The number of hydrogen-bond acceptors (Lipinski definition) is 7. The molecule has 0 radical (unpaired) electrons. The minimum Gasteiger partial charge on any atom is -0.378 e. The maximum absolute atomic E-state index is 13.2. The average Bonchev–Trinajstić information content (AvgIpc) is 3.46. The van der Waals surface area contributed by atoms with Gasteiger partial charge in [0, 0.05) is 29.8 Å². The number of aromatic nitrogens is 4. The first-order chi connectivity index (χ1) is 15.7. The third-order valence-electron chi connectivity index (χ3n) is 5.26. The van der Waals surface area contributed by atoms with Crippen molar-refractivity contribution in [3.8, 4) is 16.3 Å². The summed E-state index contributed by atoms with van der Waals surface area (Å²) in [6.07, 6.45) is 0. The smallest absolute Gasteiger partial charge is 0.232 e. The number of nitrogens with zero attached hydrogens (tertiary/aromatic N) is 5. The fourth-order valence-electron chi connectivity index (χ4n) is 3.59. The molecule has 0 spiro atoms. The van der Waals surface area contributed by atoms with E-state index in [0.717, 1.165) is 51.7 Å². The zero-order valence-corrected chi connectivity index (χ0v) is 19.2. The van der Waals surface area contributed by atoms with Gasteiger partial charge in [-0.2, -0.15) is 0 Å². The van der Waals surface area contributed by atoms with E-state index in [9.17, 15) is 4.39 Å². The van der Waals surface area contributed by atoms with Crippen LogP contribution < -0.4 is 4.90 Å². The van der Waals surface area contributed by atoms with Crippen molar-refractivity contribution < 1.29 is 9.13 Å². The first-order valence-electron chi connectivity index (χ1n) is 10.4. The number of ether oxygens (including phenoxy) is 1. The summed E-state index contributed by atoms with van der Waals surface area (Å²) in [5, 5.41) is 12.8. The highest BCUT2D eigenvalue weighted by atomic mass is 32.2. The summed E-state index contributed by atoms with van der Waals surface area (Å²) in [6, 6.07) is 14.7. The highest BCUT2D eigenvalue weighted by Crippen LogP contribution is 2.32. The number of anilines is 1. The predicted octanol–water partition coefficient (Wildman–Crippen LogP) is 4.97. The second kappa shape index (κ2) is 9.40. The molecule has 0 unspecified atom stereocenters. The Hall–Kier alpha value is -2.75. The average molecular weight is 468 g/mol. The van der Waals surface area contributed by atoms with Gasteiger partial charge >= 0.3 is 0 Å². The normalized spacial score (nSPS) is 14.1. The number of morpholine rings is 1. The number of benzene rings is 2. The van der Waals surface area contributed by atoms with Crippen molar-refractivity contribution in [3.63, 3.8) is 0 Å². The Morgan fingerprint density at radius 2 is 1.84 bits per heavy atom. The maximum atomic E-state index is 13.2. The standard InChI is InChI=1S/C23H22FN5OS2/c1-16-4-2-3-5-20(16)29-22(28-10-12-30-13-11-28)26-27-23(29)32-15-19-14-31-21(25-19)17-6-8-18(24)9-7-17/h2-9,14H,10-13,15H2,1H3. The Labute approximate surface area is 194 Å². The molecule has 0 saturated carbocycles. The van der Waals surface area contributed by atoms with Crippen LogP contribution in [0.2, 0.25) is 0 Å². The van der Waals surface area contributed by atoms with Crippen LogP contribution in [0, 0.1) is 12.7 Å². The molecule has 1 saturated heterocycles. The zero-order valence-electron chi connectivity index (χ0n) is 17.6. The number of thiazole rings is 1. The van der Waals surface area contributed by atoms with Gasteiger partial charge in [0.05, 0.1) is 24.6 Å². The molecule has 5 rings (SSSR count). The summed E-state index contributed by atoms with van der Waals surface area (Å²) in [7, 11) is 0. The Kier molecular flexibility index (Phi) is 6.20. The van der Waals surface area contributed by atoms with Crippen molar-refractivity contribution in [1.29, 1.82) is 0 Å². The Bertz CT molecular complexity index is 1200. The molecule has 1 fully saturated rings. The number of aryl methyl sites for hydroxylation is 1. The zero-order chi connectivity index (χ0) is 21.9. The summed E-state index contributed by atoms with van der Waals surface area (Å²) in [6.45, 7) is 5.06. The van der Waals surface area contributed by atoms with E-state index in [-0.39, 0.29) is 5.82 Å². The lowest BCUT2D eigenvalue weighted by atomic mass is 10.2. The minimum absolute atomic E-state index is 0.243. The van der Waals surface area contributed by atoms with E-state index >= 15 is 0 Å². The summed E-state index contributed by atoms with van der Waals surface area (Å²) < 4.78 is 20.9. The van der Waals surface area contributed by atoms with Gasteiger partial charge < -0.3 is 9.64 Å². The van der Waals surface area contributed by atoms with E-state index in [1.165, 1.54) is 12.1 Å². The van der Waals surface area contributed by atoms with Crippen molar-refractivity contribution in [2.24, 2.45) is 0 Å². The van der Waals surface area contributed by atoms with Crippen molar-refractivity contribution in [2.75, 3.05) is 31.2 Å². The molecule has 4 aromatic rings. The molecule has 9 heteroatoms. The van der Waals surface area contributed by atoms with Crippen LogP contribution in [0.5, 0.6) is 0 Å². The minimum atomic E-state index is -0.243. The van der Waals surface area contributed by atoms with Gasteiger partial charge in [0.25, 0.3) is 0 Å². The van der Waals surface area contributed by atoms with Crippen LogP contribution in [-0.2, 0) is 10.5 Å². The van der Waals surface area contributed by atoms with E-state index < -0.39 is 0 Å². The van der Waals surface area contributed by atoms with Crippen molar-refractivity contribution in [2.45, 2.75) is 17.8 Å². The highest BCUT2D eigenvalue weighted by molar-refractivity contribution is 7.98. The fourth-order valence-corrected chi connectivity index (χ4v) is 5.35. The lowest BCUT2D eigenvalue weighted by Crippen LogP contribution is -2.38. The van der Waals surface area contributed by atoms with Crippen LogP contribution in [0.1, 0.15) is 11.3 Å². The highest BCUT2D eigenvalue weighted by Gasteiger charge is 2.22. The van der Waals surface area contributed by atoms with Crippen LogP contribution in [0.3, 0.4) is 0 Å². The van der Waals surface area contributed by atoms with E-state index in [1.807, 2.05) is 17.5 Å². The molecule has 0 atom stereocenters. The number of thioether (sulfide) groups is 1.